The van der Waals surface area contributed by atoms with Crippen LogP contribution in [-0.4, -0.2) is 110 Å². The van der Waals surface area contributed by atoms with Crippen molar-refractivity contribution in [3.05, 3.63) is 0 Å². The molecule has 0 aromatic carbocycles. The molecule has 5 aliphatic heterocycles. The molecular formula is C25H41ClF2N6O4S. The Morgan fingerprint density at radius 3 is 2.59 bits per heavy atom. The number of carbonyl (C=O) groups excluding carboxylic acids is 2. The SMILES string of the molecule is COC1CNC(Cl)CC1C1CC(C)NCC1C(=O)NC1NC2CN(C(=O)C3CCC(OC(F)F)CN3)CC2S1. The molecule has 0 bridgehead atoms. The lowest BCUT2D eigenvalue weighted by atomic mass is 9.70. The van der Waals surface area contributed by atoms with Gasteiger partial charge in [0.1, 0.15) is 5.50 Å². The summed E-state index contributed by atoms with van der Waals surface area (Å²) in [6.45, 7) is 2.05. The fourth-order valence-corrected chi connectivity index (χ4v) is 8.67. The number of amides is 2. The minimum Gasteiger partial charge on any atom is -0.380 e. The molecule has 5 aliphatic rings. The standard InChI is InChI=1S/C25H41ClF2N6O4S/c1-12-5-14(15-6-21(26)31-9-19(15)37-2)16(8-29-12)22(35)33-25-32-18-10-34(11-20(18)39-25)23(36)17-4-3-13(7-30-17)38-24(27)28/h12-21,24-25,29-32H,3-11H2,1-2H3,(H,33,35). The minimum atomic E-state index is -2.80. The van der Waals surface area contributed by atoms with E-state index >= 15 is 0 Å². The summed E-state index contributed by atoms with van der Waals surface area (Å²) < 4.78 is 35.3. The Kier molecular flexibility index (Phi) is 9.91. The molecule has 39 heavy (non-hydrogen) atoms. The highest BCUT2D eigenvalue weighted by molar-refractivity contribution is 8.00. The molecule has 5 saturated heterocycles. The van der Waals surface area contributed by atoms with Crippen LogP contribution in [0.5, 0.6) is 0 Å². The van der Waals surface area contributed by atoms with E-state index in [-0.39, 0.29) is 70.5 Å². The van der Waals surface area contributed by atoms with Gasteiger partial charge in [0.05, 0.1) is 29.7 Å². The quantitative estimate of drug-likeness (QED) is 0.212. The van der Waals surface area contributed by atoms with Crippen molar-refractivity contribution in [1.29, 1.82) is 0 Å². The van der Waals surface area contributed by atoms with Crippen molar-refractivity contribution in [3.63, 3.8) is 0 Å². The number of fused-ring (bicyclic) bond motifs is 1. The molecule has 5 fully saturated rings. The van der Waals surface area contributed by atoms with Gasteiger partial charge in [0.2, 0.25) is 11.8 Å². The summed E-state index contributed by atoms with van der Waals surface area (Å²) in [7, 11) is 1.72. The van der Waals surface area contributed by atoms with E-state index in [0.717, 1.165) is 12.8 Å². The number of hydrogen-bond acceptors (Lipinski definition) is 9. The lowest BCUT2D eigenvalue weighted by molar-refractivity contribution is -0.168. The number of nitrogens with zero attached hydrogens (tertiary/aromatic N) is 1. The van der Waals surface area contributed by atoms with Gasteiger partial charge >= 0.3 is 6.61 Å². The number of thioether (sulfide) groups is 1. The van der Waals surface area contributed by atoms with Crippen LogP contribution in [0.1, 0.15) is 32.6 Å². The van der Waals surface area contributed by atoms with E-state index in [1.807, 2.05) is 4.90 Å². The number of halogens is 3. The summed E-state index contributed by atoms with van der Waals surface area (Å²) in [6, 6.07) is 0.0317. The largest absolute Gasteiger partial charge is 0.380 e. The summed E-state index contributed by atoms with van der Waals surface area (Å²) in [5.41, 5.74) is -0.333. The lowest BCUT2D eigenvalue weighted by Gasteiger charge is -2.45. The van der Waals surface area contributed by atoms with E-state index in [1.165, 1.54) is 0 Å². The van der Waals surface area contributed by atoms with Crippen LogP contribution in [0.3, 0.4) is 0 Å². The molecule has 14 heteroatoms. The zero-order valence-corrected chi connectivity index (χ0v) is 24.0. The van der Waals surface area contributed by atoms with E-state index in [1.54, 1.807) is 18.9 Å². The average molecular weight is 595 g/mol. The highest BCUT2D eigenvalue weighted by atomic mass is 35.5. The molecular weight excluding hydrogens is 554 g/mol. The van der Waals surface area contributed by atoms with Crippen molar-refractivity contribution >= 4 is 35.2 Å². The maximum atomic E-state index is 13.6. The third kappa shape index (κ3) is 6.99. The summed E-state index contributed by atoms with van der Waals surface area (Å²) in [5, 5.41) is 16.7. The topological polar surface area (TPSA) is 116 Å². The Morgan fingerprint density at radius 2 is 1.90 bits per heavy atom. The van der Waals surface area contributed by atoms with Crippen molar-refractivity contribution < 1.29 is 27.8 Å². The Balaban J connectivity index is 1.12. The second kappa shape index (κ2) is 13.0. The van der Waals surface area contributed by atoms with Gasteiger partial charge in [-0.3, -0.25) is 20.2 Å². The number of likely N-dealkylation sites (tertiary alicyclic amines) is 1. The van der Waals surface area contributed by atoms with Gasteiger partial charge in [0.15, 0.2) is 0 Å². The van der Waals surface area contributed by atoms with Gasteiger partial charge in [-0.2, -0.15) is 8.78 Å². The normalized spacial score (nSPS) is 42.9. The molecule has 5 heterocycles. The van der Waals surface area contributed by atoms with E-state index in [2.05, 4.69) is 38.2 Å². The highest BCUT2D eigenvalue weighted by Gasteiger charge is 2.47. The number of nitrogens with one attached hydrogen (secondary N) is 5. The maximum absolute atomic E-state index is 13.6. The van der Waals surface area contributed by atoms with Gasteiger partial charge < -0.3 is 30.3 Å². The van der Waals surface area contributed by atoms with Crippen molar-refractivity contribution in [2.45, 2.75) is 85.8 Å². The monoisotopic (exact) mass is 594 g/mol. The first-order chi connectivity index (χ1) is 18.7. The molecule has 0 spiro atoms. The van der Waals surface area contributed by atoms with Crippen molar-refractivity contribution in [2.75, 3.05) is 39.8 Å². The molecule has 0 aromatic heterocycles. The number of alkyl halides is 3. The van der Waals surface area contributed by atoms with Gasteiger partial charge in [0.25, 0.3) is 0 Å². The minimum absolute atomic E-state index is 0.000360. The van der Waals surface area contributed by atoms with Crippen molar-refractivity contribution in [3.8, 4) is 0 Å². The van der Waals surface area contributed by atoms with Crippen LogP contribution in [0, 0.1) is 17.8 Å². The first-order valence-electron chi connectivity index (χ1n) is 14.0. The zero-order chi connectivity index (χ0) is 27.7. The van der Waals surface area contributed by atoms with E-state index in [4.69, 9.17) is 16.3 Å². The third-order valence-corrected chi connectivity index (χ3v) is 10.7. The molecule has 5 rings (SSSR count). The fourth-order valence-electron chi connectivity index (χ4n) is 6.97. The van der Waals surface area contributed by atoms with Crippen LogP contribution in [0.4, 0.5) is 8.78 Å². The van der Waals surface area contributed by atoms with E-state index in [9.17, 15) is 18.4 Å². The Morgan fingerprint density at radius 1 is 1.08 bits per heavy atom. The van der Waals surface area contributed by atoms with Crippen LogP contribution in [-0.2, 0) is 19.1 Å². The molecule has 11 unspecified atom stereocenters. The Bertz CT molecular complexity index is 860. The van der Waals surface area contributed by atoms with Gasteiger partial charge in [-0.05, 0) is 44.4 Å². The Hall–Kier alpha value is -0.800. The highest BCUT2D eigenvalue weighted by Crippen LogP contribution is 2.38. The van der Waals surface area contributed by atoms with E-state index in [0.29, 0.717) is 45.1 Å². The smallest absolute Gasteiger partial charge is 0.345 e. The molecule has 0 aliphatic carbocycles. The van der Waals surface area contributed by atoms with Crippen molar-refractivity contribution in [2.24, 2.45) is 17.8 Å². The van der Waals surface area contributed by atoms with Crippen LogP contribution in [0.15, 0.2) is 0 Å². The molecule has 0 radical (unpaired) electrons. The number of ether oxygens (including phenoxy) is 2. The first-order valence-corrected chi connectivity index (χ1v) is 15.4. The van der Waals surface area contributed by atoms with Gasteiger partial charge in [-0.25, -0.2) is 0 Å². The number of hydrogen-bond donors (Lipinski definition) is 5. The molecule has 11 atom stereocenters. The first kappa shape index (κ1) is 29.7. The second-order valence-electron chi connectivity index (χ2n) is 11.5. The lowest BCUT2D eigenvalue weighted by Crippen LogP contribution is -2.57. The molecule has 222 valence electrons. The fraction of sp³-hybridized carbons (Fsp3) is 0.920. The number of methoxy groups -OCH3 is 1. The average Bonchev–Trinajstić information content (AvgIpc) is 3.47. The van der Waals surface area contributed by atoms with Crippen LogP contribution in [0.2, 0.25) is 0 Å². The molecule has 5 N–H and O–H groups in total. The van der Waals surface area contributed by atoms with Gasteiger partial charge in [0, 0.05) is 57.2 Å². The maximum Gasteiger partial charge on any atom is 0.345 e. The summed E-state index contributed by atoms with van der Waals surface area (Å²) in [5.74, 6) is 0.223. The van der Waals surface area contributed by atoms with Crippen molar-refractivity contribution in [1.82, 2.24) is 31.5 Å². The predicted molar refractivity (Wildman–Crippen MR) is 144 cm³/mol. The van der Waals surface area contributed by atoms with Gasteiger partial charge in [-0.15, -0.1) is 23.4 Å². The zero-order valence-electron chi connectivity index (χ0n) is 22.4. The third-order valence-electron chi connectivity index (χ3n) is 9.01. The summed E-state index contributed by atoms with van der Waals surface area (Å²) >= 11 is 8.11. The van der Waals surface area contributed by atoms with Gasteiger partial charge in [-0.1, -0.05) is 0 Å². The Labute approximate surface area is 237 Å². The molecule has 0 saturated carbocycles. The summed E-state index contributed by atoms with van der Waals surface area (Å²) in [4.78, 5) is 28.4. The van der Waals surface area contributed by atoms with E-state index < -0.39 is 12.7 Å². The number of piperidine rings is 3. The van der Waals surface area contributed by atoms with Crippen LogP contribution in [0.25, 0.3) is 0 Å². The summed E-state index contributed by atoms with van der Waals surface area (Å²) in [6.07, 6.45) is 2.02. The van der Waals surface area contributed by atoms with Crippen LogP contribution >= 0.6 is 23.4 Å². The predicted octanol–water partition coefficient (Wildman–Crippen LogP) is 0.465. The molecule has 2 amide bonds. The number of carbonyl (C=O) groups is 2. The number of rotatable bonds is 7. The second-order valence-corrected chi connectivity index (χ2v) is 13.4. The molecule has 10 nitrogen and oxygen atoms in total. The van der Waals surface area contributed by atoms with Crippen LogP contribution < -0.4 is 26.6 Å². The molecule has 0 aromatic rings.